The normalized spacial score (nSPS) is 12.8. The number of rotatable bonds is 2. The first-order valence-electron chi connectivity index (χ1n) is 2.49. The van der Waals surface area contributed by atoms with Crippen LogP contribution in [0.1, 0.15) is 0 Å². The zero-order chi connectivity index (χ0) is 6.78. The van der Waals surface area contributed by atoms with Crippen LogP contribution in [-0.2, 0) is 0 Å². The molecule has 0 saturated carbocycles. The second-order valence-corrected chi connectivity index (χ2v) is 7.97. The van der Waals surface area contributed by atoms with Gasteiger partial charge in [-0.25, -0.2) is 0 Å². The van der Waals surface area contributed by atoms with Gasteiger partial charge in [0.05, 0.1) is 0 Å². The lowest BCUT2D eigenvalue weighted by atomic mass is 10.2. The molecule has 0 aromatic rings. The smallest absolute Gasteiger partial charge is 0.115 e. The molecule has 50 valence electrons. The lowest BCUT2D eigenvalue weighted by molar-refractivity contribution is 0.598. The Morgan fingerprint density at radius 2 is 1.75 bits per heavy atom. The predicted octanol–water partition coefficient (Wildman–Crippen LogP) is 0.0760. The Labute approximate surface area is 54.6 Å². The molecule has 3 heteroatoms. The zero-order valence-electron chi connectivity index (χ0n) is 5.65. The van der Waals surface area contributed by atoms with Gasteiger partial charge in [0.2, 0.25) is 0 Å². The van der Waals surface area contributed by atoms with Crippen LogP contribution in [0.4, 0.5) is 0 Å². The van der Waals surface area contributed by atoms with E-state index in [2.05, 4.69) is 31.3 Å². The summed E-state index contributed by atoms with van der Waals surface area (Å²) < 4.78 is 2.56. The van der Waals surface area contributed by atoms with Crippen molar-refractivity contribution in [1.29, 1.82) is 0 Å². The topological polar surface area (TPSA) is 3.24 Å². The zero-order valence-corrected chi connectivity index (χ0v) is 6.65. The monoisotopic (exact) mass is 130 g/mol. The summed E-state index contributed by atoms with van der Waals surface area (Å²) in [6, 6.07) is 0. The molecule has 0 radical (unpaired) electrons. The van der Waals surface area contributed by atoms with Crippen molar-refractivity contribution in [2.45, 2.75) is 19.6 Å². The molecule has 0 atom stereocenters. The highest BCUT2D eigenvalue weighted by Crippen LogP contribution is 2.03. The highest BCUT2D eigenvalue weighted by atomic mass is 28.3. The molecule has 0 N–H and O–H groups in total. The second-order valence-electron chi connectivity index (χ2n) is 2.87. The van der Waals surface area contributed by atoms with Crippen molar-refractivity contribution >= 4 is 16.1 Å². The van der Waals surface area contributed by atoms with Crippen molar-refractivity contribution in [3.8, 4) is 0 Å². The Hall–Kier alpha value is 0.242. The third-order valence-electron chi connectivity index (χ3n) is 1.15. The minimum absolute atomic E-state index is 0.600. The van der Waals surface area contributed by atoms with E-state index in [-0.39, 0.29) is 0 Å². The van der Waals surface area contributed by atoms with Crippen LogP contribution in [0.2, 0.25) is 19.6 Å². The van der Waals surface area contributed by atoms with E-state index >= 15 is 0 Å². The summed E-state index contributed by atoms with van der Waals surface area (Å²) >= 11 is 0. The minimum atomic E-state index is -0.865. The average molecular weight is 130 g/mol. The van der Waals surface area contributed by atoms with Gasteiger partial charge >= 0.3 is 0 Å². The van der Waals surface area contributed by atoms with Crippen LogP contribution in [0, 0.1) is 0 Å². The standard InChI is InChI=1S/C5H17BNSi/c1-7(5-6)8(2,3)4/h5H2,1-4,6H3/q-1. The number of hydrogen-bond acceptors (Lipinski definition) is 1. The quantitative estimate of drug-likeness (QED) is 0.478. The fourth-order valence-corrected chi connectivity index (χ4v) is 0. The summed E-state index contributed by atoms with van der Waals surface area (Å²) in [6.07, 6.45) is 1.44. The van der Waals surface area contributed by atoms with Crippen molar-refractivity contribution in [3.05, 3.63) is 0 Å². The fraction of sp³-hybridized carbons (Fsp3) is 1.00. The van der Waals surface area contributed by atoms with Gasteiger partial charge < -0.3 is 4.57 Å². The first-order chi connectivity index (χ1) is 3.48. The lowest BCUT2D eigenvalue weighted by Gasteiger charge is -2.30. The van der Waals surface area contributed by atoms with Gasteiger partial charge in [0.1, 0.15) is 8.24 Å². The van der Waals surface area contributed by atoms with Gasteiger partial charge in [-0.3, -0.25) is 0 Å². The Bertz CT molecular complexity index is 69.3. The van der Waals surface area contributed by atoms with E-state index < -0.39 is 8.24 Å². The summed E-state index contributed by atoms with van der Waals surface area (Å²) in [5, 5.41) is 0. The van der Waals surface area contributed by atoms with E-state index in [4.69, 9.17) is 0 Å². The van der Waals surface area contributed by atoms with Crippen LogP contribution in [0.25, 0.3) is 0 Å². The third-order valence-corrected chi connectivity index (χ3v) is 3.44. The van der Waals surface area contributed by atoms with E-state index in [0.29, 0.717) is 7.85 Å². The van der Waals surface area contributed by atoms with Crippen LogP contribution in [-0.4, -0.2) is 34.1 Å². The molecule has 0 amide bonds. The molecule has 0 saturated heterocycles. The average Bonchev–Trinajstić information content (AvgIpc) is 1.62. The first kappa shape index (κ1) is 8.24. The molecule has 0 unspecified atom stereocenters. The fourth-order valence-electron chi connectivity index (χ4n) is 0. The van der Waals surface area contributed by atoms with Crippen LogP contribution in [0.15, 0.2) is 0 Å². The predicted molar refractivity (Wildman–Crippen MR) is 45.9 cm³/mol. The summed E-state index contributed by atoms with van der Waals surface area (Å²) in [5.41, 5.74) is 0. The molecular weight excluding hydrogens is 113 g/mol. The molecule has 0 aromatic carbocycles. The van der Waals surface area contributed by atoms with E-state index in [1.807, 2.05) is 0 Å². The maximum absolute atomic E-state index is 2.56. The molecule has 0 heterocycles. The molecule has 0 aliphatic carbocycles. The van der Waals surface area contributed by atoms with Crippen LogP contribution in [0.5, 0.6) is 0 Å². The highest BCUT2D eigenvalue weighted by Gasteiger charge is 2.15. The molecule has 0 rings (SSSR count). The Kier molecular flexibility index (Phi) is 2.77. The number of nitrogens with zero attached hydrogens (tertiary/aromatic N) is 1. The molecule has 0 aromatic heterocycles. The summed E-state index contributed by atoms with van der Waals surface area (Å²) in [7, 11) is 2.00. The molecule has 0 aliphatic rings. The Balaban J connectivity index is 3.62. The highest BCUT2D eigenvalue weighted by molar-refractivity contribution is 6.73. The minimum Gasteiger partial charge on any atom is -0.362 e. The molecular formula is C5H17BNSi-. The van der Waals surface area contributed by atoms with Crippen molar-refractivity contribution < 1.29 is 0 Å². The largest absolute Gasteiger partial charge is 0.362 e. The van der Waals surface area contributed by atoms with E-state index in [9.17, 15) is 0 Å². The summed E-state index contributed by atoms with van der Waals surface area (Å²) in [5.74, 6) is 0. The van der Waals surface area contributed by atoms with Gasteiger partial charge in [-0.15, -0.1) is 6.44 Å². The van der Waals surface area contributed by atoms with Gasteiger partial charge in [0.25, 0.3) is 0 Å². The van der Waals surface area contributed by atoms with Crippen LogP contribution < -0.4 is 0 Å². The Morgan fingerprint density at radius 3 is 1.75 bits per heavy atom. The summed E-state index contributed by atoms with van der Waals surface area (Å²) in [4.78, 5) is 0. The van der Waals surface area contributed by atoms with Crippen LogP contribution >= 0.6 is 0 Å². The number of hydrogen-bond donors (Lipinski definition) is 0. The molecule has 0 fully saturated rings. The Morgan fingerprint density at radius 1 is 1.38 bits per heavy atom. The van der Waals surface area contributed by atoms with E-state index in [0.717, 1.165) is 0 Å². The first-order valence-corrected chi connectivity index (χ1v) is 5.93. The van der Waals surface area contributed by atoms with Crippen molar-refractivity contribution in [2.24, 2.45) is 0 Å². The van der Waals surface area contributed by atoms with Crippen molar-refractivity contribution in [1.82, 2.24) is 4.57 Å². The maximum atomic E-state index is 2.56. The van der Waals surface area contributed by atoms with E-state index in [1.165, 1.54) is 6.44 Å². The van der Waals surface area contributed by atoms with Gasteiger partial charge in [-0.05, 0) is 14.9 Å². The molecule has 0 bridgehead atoms. The third kappa shape index (κ3) is 2.52. The molecule has 1 nitrogen and oxygen atoms in total. The van der Waals surface area contributed by atoms with Gasteiger partial charge in [0, 0.05) is 0 Å². The second kappa shape index (κ2) is 2.69. The maximum Gasteiger partial charge on any atom is 0.115 e. The van der Waals surface area contributed by atoms with Crippen molar-refractivity contribution in [3.63, 3.8) is 0 Å². The van der Waals surface area contributed by atoms with E-state index in [1.54, 1.807) is 0 Å². The van der Waals surface area contributed by atoms with Gasteiger partial charge in [-0.1, -0.05) is 19.6 Å². The molecule has 0 spiro atoms. The van der Waals surface area contributed by atoms with Gasteiger partial charge in [-0.2, -0.15) is 0 Å². The van der Waals surface area contributed by atoms with Gasteiger partial charge in [0.15, 0.2) is 0 Å². The SMILES string of the molecule is [BH3-]CN(C)[Si](C)(C)C. The van der Waals surface area contributed by atoms with Crippen molar-refractivity contribution in [2.75, 3.05) is 13.5 Å². The lowest BCUT2D eigenvalue weighted by Crippen LogP contribution is -2.43. The molecule has 8 heavy (non-hydrogen) atoms. The summed E-state index contributed by atoms with van der Waals surface area (Å²) in [6.45, 7) is 7.19. The molecule has 0 aliphatic heterocycles. The van der Waals surface area contributed by atoms with Crippen LogP contribution in [0.3, 0.4) is 0 Å².